The van der Waals surface area contributed by atoms with Crippen LogP contribution in [-0.4, -0.2) is 55.5 Å². The summed E-state index contributed by atoms with van der Waals surface area (Å²) < 4.78 is 44.2. The van der Waals surface area contributed by atoms with Gasteiger partial charge in [-0.15, -0.1) is 0 Å². The molecule has 0 spiro atoms. The molecule has 0 unspecified atom stereocenters. The van der Waals surface area contributed by atoms with E-state index in [-0.39, 0.29) is 29.8 Å². The van der Waals surface area contributed by atoms with Gasteiger partial charge in [0.1, 0.15) is 5.75 Å². The van der Waals surface area contributed by atoms with E-state index in [1.54, 1.807) is 0 Å². The number of hydrogen-bond donors (Lipinski definition) is 2. The Morgan fingerprint density at radius 3 is 2.34 bits per heavy atom. The van der Waals surface area contributed by atoms with Crippen LogP contribution in [-0.2, 0) is 11.0 Å². The summed E-state index contributed by atoms with van der Waals surface area (Å²) >= 11 is 0. The zero-order valence-electron chi connectivity index (χ0n) is 19.6. The van der Waals surface area contributed by atoms with Gasteiger partial charge >= 0.3 is 6.18 Å². The van der Waals surface area contributed by atoms with Gasteiger partial charge in [-0.1, -0.05) is 30.3 Å². The Balaban J connectivity index is 1.18. The number of amides is 2. The van der Waals surface area contributed by atoms with Crippen molar-refractivity contribution in [1.82, 2.24) is 15.5 Å². The molecule has 2 fully saturated rings. The fourth-order valence-corrected chi connectivity index (χ4v) is 5.01. The van der Waals surface area contributed by atoms with Crippen LogP contribution in [0.1, 0.15) is 53.1 Å². The molecule has 6 nitrogen and oxygen atoms in total. The van der Waals surface area contributed by atoms with Crippen molar-refractivity contribution in [3.63, 3.8) is 0 Å². The van der Waals surface area contributed by atoms with Crippen molar-refractivity contribution >= 4 is 11.8 Å². The van der Waals surface area contributed by atoms with Crippen molar-refractivity contribution in [2.75, 3.05) is 26.7 Å². The minimum Gasteiger partial charge on any atom is -0.496 e. The molecule has 9 heteroatoms. The third-order valence-electron chi connectivity index (χ3n) is 6.94. The predicted octanol–water partition coefficient (Wildman–Crippen LogP) is 3.97. The maximum Gasteiger partial charge on any atom is 0.419 e. The number of nitrogens with zero attached hydrogens (tertiary/aromatic N) is 1. The minimum atomic E-state index is -4.66. The smallest absolute Gasteiger partial charge is 0.419 e. The van der Waals surface area contributed by atoms with E-state index in [4.69, 9.17) is 4.74 Å². The molecule has 2 N–H and O–H groups in total. The maximum absolute atomic E-state index is 13.2. The first-order valence-corrected chi connectivity index (χ1v) is 11.9. The summed E-state index contributed by atoms with van der Waals surface area (Å²) in [7, 11) is 1.13. The Morgan fingerprint density at radius 1 is 1.03 bits per heavy atom. The summed E-state index contributed by atoms with van der Waals surface area (Å²) in [6.07, 6.45) is -0.0582. The van der Waals surface area contributed by atoms with Gasteiger partial charge in [0.15, 0.2) is 0 Å². The molecular weight excluding hydrogens is 459 g/mol. The van der Waals surface area contributed by atoms with E-state index in [2.05, 4.69) is 39.8 Å². The van der Waals surface area contributed by atoms with Crippen LogP contribution in [0.2, 0.25) is 0 Å². The van der Waals surface area contributed by atoms with Crippen molar-refractivity contribution in [2.45, 2.75) is 49.9 Å². The SMILES string of the molecule is COc1ccc(C(=O)NCC(=O)NC2CN(C3CCC(c4ccccc4)CC3)C2)cc1C(F)(F)F. The highest BCUT2D eigenvalue weighted by atomic mass is 19.4. The Labute approximate surface area is 202 Å². The fourth-order valence-electron chi connectivity index (χ4n) is 5.01. The molecule has 0 bridgehead atoms. The van der Waals surface area contributed by atoms with Crippen LogP contribution >= 0.6 is 0 Å². The molecule has 1 aliphatic carbocycles. The van der Waals surface area contributed by atoms with Gasteiger partial charge in [0.2, 0.25) is 5.91 Å². The molecule has 2 aromatic carbocycles. The standard InChI is InChI=1S/C26H30F3N3O3/c1-35-23-12-9-19(13-22(23)26(27,28)29)25(34)30-14-24(33)31-20-15-32(16-20)21-10-7-18(8-11-21)17-5-3-2-4-6-17/h2-6,9,12-13,18,20-21H,7-8,10-11,14-16H2,1H3,(H,30,34)(H,31,33). The highest BCUT2D eigenvalue weighted by molar-refractivity contribution is 5.96. The van der Waals surface area contributed by atoms with E-state index in [9.17, 15) is 22.8 Å². The number of halogens is 3. The van der Waals surface area contributed by atoms with Crippen LogP contribution in [0.3, 0.4) is 0 Å². The number of alkyl halides is 3. The van der Waals surface area contributed by atoms with Crippen molar-refractivity contribution < 1.29 is 27.5 Å². The molecule has 4 rings (SSSR count). The number of nitrogens with one attached hydrogen (secondary N) is 2. The number of carbonyl (C=O) groups excluding carboxylic acids is 2. The Bertz CT molecular complexity index is 1030. The lowest BCUT2D eigenvalue weighted by atomic mass is 9.80. The lowest BCUT2D eigenvalue weighted by molar-refractivity contribution is -0.138. The van der Waals surface area contributed by atoms with Crippen molar-refractivity contribution in [1.29, 1.82) is 0 Å². The van der Waals surface area contributed by atoms with Gasteiger partial charge in [-0.25, -0.2) is 0 Å². The van der Waals surface area contributed by atoms with Gasteiger partial charge < -0.3 is 15.4 Å². The van der Waals surface area contributed by atoms with Gasteiger partial charge in [0, 0.05) is 24.7 Å². The molecule has 1 aliphatic heterocycles. The summed E-state index contributed by atoms with van der Waals surface area (Å²) in [6, 6.07) is 14.2. The van der Waals surface area contributed by atoms with Crippen LogP contribution in [0.25, 0.3) is 0 Å². The van der Waals surface area contributed by atoms with Gasteiger partial charge in [0.05, 0.1) is 25.3 Å². The zero-order valence-corrected chi connectivity index (χ0v) is 19.6. The molecule has 2 aromatic rings. The molecule has 1 saturated carbocycles. The minimum absolute atomic E-state index is 0.0177. The van der Waals surface area contributed by atoms with Gasteiger partial charge in [0.25, 0.3) is 5.91 Å². The number of rotatable bonds is 7. The average Bonchev–Trinajstić information content (AvgIpc) is 2.84. The molecule has 1 saturated heterocycles. The molecule has 1 heterocycles. The molecular formula is C26H30F3N3O3. The number of ether oxygens (including phenoxy) is 1. The molecule has 2 amide bonds. The van der Waals surface area contributed by atoms with Crippen molar-refractivity contribution in [2.24, 2.45) is 0 Å². The number of likely N-dealkylation sites (tertiary alicyclic amines) is 1. The largest absolute Gasteiger partial charge is 0.496 e. The molecule has 2 aliphatic rings. The van der Waals surface area contributed by atoms with Gasteiger partial charge in [-0.05, 0) is 55.4 Å². The molecule has 35 heavy (non-hydrogen) atoms. The fraction of sp³-hybridized carbons (Fsp3) is 0.462. The first-order valence-electron chi connectivity index (χ1n) is 11.9. The maximum atomic E-state index is 13.2. The number of hydrogen-bond acceptors (Lipinski definition) is 4. The molecule has 0 radical (unpaired) electrons. The lowest BCUT2D eigenvalue weighted by Gasteiger charge is -2.46. The molecule has 188 valence electrons. The average molecular weight is 490 g/mol. The van der Waals surface area contributed by atoms with E-state index in [1.165, 1.54) is 11.6 Å². The van der Waals surface area contributed by atoms with E-state index in [0.717, 1.165) is 58.0 Å². The highest BCUT2D eigenvalue weighted by Gasteiger charge is 2.36. The monoisotopic (exact) mass is 489 g/mol. The summed E-state index contributed by atoms with van der Waals surface area (Å²) in [5, 5.41) is 5.28. The van der Waals surface area contributed by atoms with Crippen molar-refractivity contribution in [3.05, 3.63) is 65.2 Å². The van der Waals surface area contributed by atoms with Crippen LogP contribution < -0.4 is 15.4 Å². The third-order valence-corrected chi connectivity index (χ3v) is 6.94. The highest BCUT2D eigenvalue weighted by Crippen LogP contribution is 2.37. The normalized spacial score (nSPS) is 21.1. The second-order valence-corrected chi connectivity index (χ2v) is 9.23. The number of methoxy groups -OCH3 is 1. The van der Waals surface area contributed by atoms with Gasteiger partial charge in [-0.2, -0.15) is 13.2 Å². The number of benzene rings is 2. The summed E-state index contributed by atoms with van der Waals surface area (Å²) in [4.78, 5) is 26.9. The Hall–Kier alpha value is -3.07. The second kappa shape index (κ2) is 10.7. The van der Waals surface area contributed by atoms with E-state index in [1.807, 2.05) is 6.07 Å². The summed E-state index contributed by atoms with van der Waals surface area (Å²) in [5.41, 5.74) is 0.183. The van der Waals surface area contributed by atoms with Crippen LogP contribution in [0.15, 0.2) is 48.5 Å². The Kier molecular flexibility index (Phi) is 7.64. The second-order valence-electron chi connectivity index (χ2n) is 9.23. The topological polar surface area (TPSA) is 70.7 Å². The first kappa shape index (κ1) is 25.0. The van der Waals surface area contributed by atoms with Crippen LogP contribution in [0.4, 0.5) is 13.2 Å². The molecule has 0 atom stereocenters. The van der Waals surface area contributed by atoms with E-state index < -0.39 is 17.6 Å². The van der Waals surface area contributed by atoms with Gasteiger partial charge in [-0.3, -0.25) is 14.5 Å². The summed E-state index contributed by atoms with van der Waals surface area (Å²) in [5.74, 6) is -0.861. The van der Waals surface area contributed by atoms with E-state index in [0.29, 0.717) is 12.0 Å². The predicted molar refractivity (Wildman–Crippen MR) is 125 cm³/mol. The Morgan fingerprint density at radius 2 is 1.71 bits per heavy atom. The summed E-state index contributed by atoms with van der Waals surface area (Å²) in [6.45, 7) is 1.24. The molecule has 0 aromatic heterocycles. The van der Waals surface area contributed by atoms with Crippen LogP contribution in [0.5, 0.6) is 5.75 Å². The zero-order chi connectivity index (χ0) is 25.0. The van der Waals surface area contributed by atoms with E-state index >= 15 is 0 Å². The lowest BCUT2D eigenvalue weighted by Crippen LogP contribution is -2.63. The quantitative estimate of drug-likeness (QED) is 0.618. The first-order chi connectivity index (χ1) is 16.7. The third kappa shape index (κ3) is 6.14. The van der Waals surface area contributed by atoms with Crippen molar-refractivity contribution in [3.8, 4) is 5.75 Å². The number of carbonyl (C=O) groups is 2. The van der Waals surface area contributed by atoms with Crippen LogP contribution in [0, 0.1) is 0 Å².